The lowest BCUT2D eigenvalue weighted by Gasteiger charge is -2.29. The van der Waals surface area contributed by atoms with Crippen LogP contribution < -0.4 is 20.9 Å². The third kappa shape index (κ3) is 8.22. The average Bonchev–Trinajstić information content (AvgIpc) is 3.04. The number of aliphatic carboxylic acids is 1. The van der Waals surface area contributed by atoms with Crippen molar-refractivity contribution in [3.8, 4) is 0 Å². The van der Waals surface area contributed by atoms with E-state index in [-0.39, 0.29) is 12.5 Å². The molecule has 1 amide bonds. The number of carboxylic acid groups (broad SMARTS) is 1. The van der Waals surface area contributed by atoms with Crippen molar-refractivity contribution in [1.82, 2.24) is 19.6 Å². The number of nitrogens with zero attached hydrogens (tertiary/aromatic N) is 2. The lowest BCUT2D eigenvalue weighted by Crippen LogP contribution is -2.42. The van der Waals surface area contributed by atoms with E-state index in [4.69, 9.17) is 15.4 Å². The van der Waals surface area contributed by atoms with Crippen LogP contribution in [0.5, 0.6) is 0 Å². The summed E-state index contributed by atoms with van der Waals surface area (Å²) < 4.78 is 10.6. The minimum atomic E-state index is -1.13. The van der Waals surface area contributed by atoms with Crippen LogP contribution in [-0.4, -0.2) is 44.4 Å². The summed E-state index contributed by atoms with van der Waals surface area (Å²) in [6, 6.07) is -1.07. The van der Waals surface area contributed by atoms with Gasteiger partial charge < -0.3 is 26.2 Å². The average molecular weight is 404 g/mol. The van der Waals surface area contributed by atoms with Crippen LogP contribution in [0.4, 0.5) is 0 Å². The van der Waals surface area contributed by atoms with Crippen LogP contribution in [0, 0.1) is 0 Å². The van der Waals surface area contributed by atoms with Crippen LogP contribution >= 0.6 is 12.1 Å². The molecule has 1 aliphatic carbocycles. The molecule has 0 radical (unpaired) electrons. The number of nitrogens with one attached hydrogen (secondary N) is 2. The largest absolute Gasteiger partial charge is 0.480 e. The fourth-order valence-corrected chi connectivity index (χ4v) is 3.20. The topological polar surface area (TPSA) is 190 Å². The molecule has 1 heterocycles. The molecular formula is C15H28N6O5S. The van der Waals surface area contributed by atoms with E-state index in [0.717, 1.165) is 37.8 Å². The van der Waals surface area contributed by atoms with E-state index in [0.29, 0.717) is 11.7 Å². The van der Waals surface area contributed by atoms with Crippen LogP contribution in [0.1, 0.15) is 57.7 Å². The molecule has 1 saturated carbocycles. The Bertz CT molecular complexity index is 601. The number of aromatic nitrogens is 2. The molecular weight excluding hydrogens is 376 g/mol. The number of hydrogen-bond acceptors (Lipinski definition) is 10. The Morgan fingerprint density at radius 3 is 2.48 bits per heavy atom. The molecule has 1 fully saturated rings. The van der Waals surface area contributed by atoms with Gasteiger partial charge in [0, 0.05) is 19.1 Å². The predicted molar refractivity (Wildman–Crippen MR) is 98.8 cm³/mol. The minimum absolute atomic E-state index is 0.257. The lowest BCUT2D eigenvalue weighted by atomic mass is 9.82. The molecule has 0 spiro atoms. The molecule has 1 aliphatic rings. The van der Waals surface area contributed by atoms with Gasteiger partial charge in [0.15, 0.2) is 5.82 Å². The van der Waals surface area contributed by atoms with E-state index in [1.54, 1.807) is 0 Å². The van der Waals surface area contributed by atoms with Gasteiger partial charge in [-0.1, -0.05) is 24.4 Å². The van der Waals surface area contributed by atoms with E-state index >= 15 is 0 Å². The zero-order chi connectivity index (χ0) is 20.4. The van der Waals surface area contributed by atoms with Gasteiger partial charge in [0.25, 0.3) is 0 Å². The molecule has 154 valence electrons. The second-order valence-corrected chi connectivity index (χ2v) is 7.17. The summed E-state index contributed by atoms with van der Waals surface area (Å²) in [5.41, 5.74) is 10.3. The van der Waals surface area contributed by atoms with E-state index in [1.165, 1.54) is 20.3 Å². The Morgan fingerprint density at radius 1 is 1.37 bits per heavy atom. The first kappa shape index (κ1) is 23.3. The quantitative estimate of drug-likeness (QED) is 0.247. The second-order valence-electron chi connectivity index (χ2n) is 6.44. The number of aliphatic hydroxyl groups is 1. The summed E-state index contributed by atoms with van der Waals surface area (Å²) in [6.45, 7) is 2.97. The van der Waals surface area contributed by atoms with Gasteiger partial charge in [-0.3, -0.25) is 9.59 Å². The number of hydrogen-bond donors (Lipinski definition) is 6. The van der Waals surface area contributed by atoms with Gasteiger partial charge in [-0.15, -0.1) is 0 Å². The molecule has 2 rings (SSSR count). The summed E-state index contributed by atoms with van der Waals surface area (Å²) in [7, 11) is 0. The summed E-state index contributed by atoms with van der Waals surface area (Å²) >= 11 is 0.957. The zero-order valence-electron chi connectivity index (χ0n) is 15.5. The number of carbonyl (C=O) groups is 2. The van der Waals surface area contributed by atoms with Gasteiger partial charge >= 0.3 is 5.97 Å². The molecule has 0 saturated heterocycles. The molecule has 1 aromatic rings. The highest BCUT2D eigenvalue weighted by Gasteiger charge is 2.34. The molecule has 2 atom stereocenters. The van der Waals surface area contributed by atoms with Crippen molar-refractivity contribution in [3.63, 3.8) is 0 Å². The SMILES string of the molecule is CC(N)=O.CC(O)[C@H](NSNCc1nc(C2(N)CCCCC2)no1)C(=O)O. The van der Waals surface area contributed by atoms with Crippen molar-refractivity contribution in [2.75, 3.05) is 0 Å². The summed E-state index contributed by atoms with van der Waals surface area (Å²) in [6.07, 6.45) is 4.00. The number of amides is 1. The summed E-state index contributed by atoms with van der Waals surface area (Å²) in [5, 5.41) is 22.2. The normalized spacial score (nSPS) is 18.1. The number of carbonyl (C=O) groups excluding carboxylic acids is 1. The molecule has 27 heavy (non-hydrogen) atoms. The first-order chi connectivity index (χ1) is 12.7. The van der Waals surface area contributed by atoms with Crippen LogP contribution in [0.3, 0.4) is 0 Å². The summed E-state index contributed by atoms with van der Waals surface area (Å²) in [4.78, 5) is 24.4. The Labute approximate surface area is 161 Å². The fraction of sp³-hybridized carbons (Fsp3) is 0.733. The van der Waals surface area contributed by atoms with Crippen molar-refractivity contribution >= 4 is 24.0 Å². The molecule has 11 nitrogen and oxygen atoms in total. The number of nitrogens with two attached hydrogens (primary N) is 2. The predicted octanol–water partition coefficient (Wildman–Crippen LogP) is -0.244. The number of rotatable bonds is 8. The van der Waals surface area contributed by atoms with Gasteiger partial charge in [0.05, 0.1) is 18.2 Å². The van der Waals surface area contributed by atoms with Gasteiger partial charge in [-0.25, -0.2) is 9.44 Å². The van der Waals surface area contributed by atoms with Crippen molar-refractivity contribution in [1.29, 1.82) is 0 Å². The molecule has 0 aliphatic heterocycles. The standard InChI is InChI=1S/C13H23N5O4S.C2H5NO/c1-8(19)10(11(20)21)18-23-15-7-9-16-12(17-22-9)13(14)5-3-2-4-6-13;1-2(3)4/h8,10,15,18-19H,2-7,14H2,1H3,(H,20,21);1H3,(H2,3,4)/t8?,10-;/m0./s1. The Hall–Kier alpha value is -1.73. The highest BCUT2D eigenvalue weighted by molar-refractivity contribution is 7.95. The molecule has 0 bridgehead atoms. The zero-order valence-corrected chi connectivity index (χ0v) is 16.3. The van der Waals surface area contributed by atoms with Crippen molar-refractivity contribution in [2.24, 2.45) is 11.5 Å². The fourth-order valence-electron chi connectivity index (χ4n) is 2.49. The second kappa shape index (κ2) is 11.2. The van der Waals surface area contributed by atoms with Crippen LogP contribution in [-0.2, 0) is 21.7 Å². The molecule has 1 unspecified atom stereocenters. The van der Waals surface area contributed by atoms with Crippen molar-refractivity contribution < 1.29 is 24.3 Å². The van der Waals surface area contributed by atoms with Gasteiger partial charge in [0.1, 0.15) is 6.04 Å². The third-order valence-corrected chi connectivity index (χ3v) is 4.55. The molecule has 0 aromatic carbocycles. The molecule has 1 aromatic heterocycles. The highest BCUT2D eigenvalue weighted by Crippen LogP contribution is 2.32. The minimum Gasteiger partial charge on any atom is -0.480 e. The number of carboxylic acids is 1. The van der Waals surface area contributed by atoms with E-state index in [9.17, 15) is 14.7 Å². The monoisotopic (exact) mass is 404 g/mol. The summed E-state index contributed by atoms with van der Waals surface area (Å²) in [5.74, 6) is -0.551. The Morgan fingerprint density at radius 2 is 1.96 bits per heavy atom. The Kier molecular flexibility index (Phi) is 9.66. The van der Waals surface area contributed by atoms with Gasteiger partial charge in [-0.2, -0.15) is 4.98 Å². The van der Waals surface area contributed by atoms with Gasteiger partial charge in [0.2, 0.25) is 11.8 Å². The van der Waals surface area contributed by atoms with Crippen LogP contribution in [0.25, 0.3) is 0 Å². The van der Waals surface area contributed by atoms with Crippen molar-refractivity contribution in [3.05, 3.63) is 11.7 Å². The van der Waals surface area contributed by atoms with Crippen LogP contribution in [0.15, 0.2) is 4.52 Å². The van der Waals surface area contributed by atoms with Crippen molar-refractivity contribution in [2.45, 2.75) is 70.2 Å². The van der Waals surface area contributed by atoms with E-state index in [1.807, 2.05) is 0 Å². The number of aliphatic hydroxyl groups excluding tert-OH is 1. The highest BCUT2D eigenvalue weighted by atomic mass is 32.2. The maximum atomic E-state index is 10.9. The van der Waals surface area contributed by atoms with Gasteiger partial charge in [-0.05, 0) is 19.8 Å². The lowest BCUT2D eigenvalue weighted by molar-refractivity contribution is -0.141. The first-order valence-corrected chi connectivity index (χ1v) is 9.40. The number of primary amides is 1. The maximum absolute atomic E-state index is 10.9. The maximum Gasteiger partial charge on any atom is 0.324 e. The smallest absolute Gasteiger partial charge is 0.324 e. The first-order valence-electron chi connectivity index (χ1n) is 8.59. The molecule has 12 heteroatoms. The van der Waals surface area contributed by atoms with E-state index < -0.39 is 23.7 Å². The Balaban J connectivity index is 0.000000828. The molecule has 8 N–H and O–H groups in total. The third-order valence-electron chi connectivity index (χ3n) is 3.89. The van der Waals surface area contributed by atoms with E-state index in [2.05, 4.69) is 25.3 Å². The van der Waals surface area contributed by atoms with Crippen LogP contribution in [0.2, 0.25) is 0 Å².